The number of hydrogen-bond acceptors (Lipinski definition) is 4. The van der Waals surface area contributed by atoms with E-state index < -0.39 is 0 Å². The smallest absolute Gasteiger partial charge is 0.257 e. The van der Waals surface area contributed by atoms with Crippen molar-refractivity contribution in [3.8, 4) is 0 Å². The number of hydrogen-bond donors (Lipinski definition) is 2. The zero-order chi connectivity index (χ0) is 14.7. The van der Waals surface area contributed by atoms with Crippen LogP contribution in [0.15, 0.2) is 24.7 Å². The predicted molar refractivity (Wildman–Crippen MR) is 79.4 cm³/mol. The van der Waals surface area contributed by atoms with Gasteiger partial charge in [0.15, 0.2) is 0 Å². The average molecular weight is 294 g/mol. The van der Waals surface area contributed by atoms with Gasteiger partial charge in [0.25, 0.3) is 5.91 Å². The van der Waals surface area contributed by atoms with E-state index in [0.29, 0.717) is 22.1 Å². The quantitative estimate of drug-likeness (QED) is 0.909. The molecule has 0 saturated carbocycles. The molecule has 2 rings (SSSR count). The van der Waals surface area contributed by atoms with Crippen molar-refractivity contribution >= 4 is 29.0 Å². The fourth-order valence-corrected chi connectivity index (χ4v) is 1.82. The van der Waals surface area contributed by atoms with E-state index in [0.717, 1.165) is 0 Å². The maximum absolute atomic E-state index is 12.2. The van der Waals surface area contributed by atoms with Crippen LogP contribution in [0.2, 0.25) is 5.02 Å². The fourth-order valence-electron chi connectivity index (χ4n) is 1.63. The van der Waals surface area contributed by atoms with Crippen molar-refractivity contribution in [2.24, 2.45) is 0 Å². The third kappa shape index (κ3) is 3.08. The Morgan fingerprint density at radius 1 is 1.40 bits per heavy atom. The van der Waals surface area contributed by atoms with E-state index in [1.54, 1.807) is 30.2 Å². The fraction of sp³-hybridized carbons (Fsp3) is 0.308. The van der Waals surface area contributed by atoms with Crippen LogP contribution >= 0.6 is 11.6 Å². The van der Waals surface area contributed by atoms with Crippen LogP contribution in [-0.4, -0.2) is 27.7 Å². The van der Waals surface area contributed by atoms with Crippen molar-refractivity contribution in [1.29, 1.82) is 0 Å². The van der Waals surface area contributed by atoms with Crippen molar-refractivity contribution in [2.75, 3.05) is 17.7 Å². The SMILES string of the molecule is CNc1cc(C(=O)Nc2cnn(C(C)C)c2)c(Cl)cn1. The number of carbonyl (C=O) groups excluding carboxylic acids is 1. The van der Waals surface area contributed by atoms with Crippen LogP contribution < -0.4 is 10.6 Å². The highest BCUT2D eigenvalue weighted by Gasteiger charge is 2.13. The average Bonchev–Trinajstić information content (AvgIpc) is 2.88. The number of nitrogens with one attached hydrogen (secondary N) is 2. The lowest BCUT2D eigenvalue weighted by atomic mass is 10.2. The van der Waals surface area contributed by atoms with Crippen LogP contribution in [0.1, 0.15) is 30.2 Å². The van der Waals surface area contributed by atoms with E-state index in [9.17, 15) is 4.79 Å². The predicted octanol–water partition coefficient (Wildman–Crippen LogP) is 2.81. The third-order valence-electron chi connectivity index (χ3n) is 2.74. The first-order chi connectivity index (χ1) is 9.51. The Balaban J connectivity index is 2.19. The Morgan fingerprint density at radius 2 is 2.15 bits per heavy atom. The van der Waals surface area contributed by atoms with Crippen molar-refractivity contribution in [3.63, 3.8) is 0 Å². The minimum Gasteiger partial charge on any atom is -0.373 e. The summed E-state index contributed by atoms with van der Waals surface area (Å²) in [5.41, 5.74) is 0.992. The Labute approximate surface area is 122 Å². The minimum atomic E-state index is -0.294. The van der Waals surface area contributed by atoms with Gasteiger partial charge < -0.3 is 10.6 Å². The summed E-state index contributed by atoms with van der Waals surface area (Å²) in [6, 6.07) is 1.84. The lowest BCUT2D eigenvalue weighted by molar-refractivity contribution is 0.102. The second-order valence-electron chi connectivity index (χ2n) is 4.56. The summed E-state index contributed by atoms with van der Waals surface area (Å²) in [5, 5.41) is 10.1. The zero-order valence-electron chi connectivity index (χ0n) is 11.5. The van der Waals surface area contributed by atoms with Gasteiger partial charge in [0, 0.05) is 25.5 Å². The van der Waals surface area contributed by atoms with E-state index in [-0.39, 0.29) is 11.9 Å². The highest BCUT2D eigenvalue weighted by atomic mass is 35.5. The third-order valence-corrected chi connectivity index (χ3v) is 3.05. The van der Waals surface area contributed by atoms with Crippen LogP contribution in [-0.2, 0) is 0 Å². The second kappa shape index (κ2) is 5.92. The van der Waals surface area contributed by atoms with Crippen LogP contribution in [0.25, 0.3) is 0 Å². The maximum Gasteiger partial charge on any atom is 0.257 e. The van der Waals surface area contributed by atoms with Crippen LogP contribution in [0.5, 0.6) is 0 Å². The van der Waals surface area contributed by atoms with Crippen molar-refractivity contribution in [2.45, 2.75) is 19.9 Å². The van der Waals surface area contributed by atoms with E-state index in [4.69, 9.17) is 11.6 Å². The molecule has 2 aromatic rings. The van der Waals surface area contributed by atoms with E-state index >= 15 is 0 Å². The summed E-state index contributed by atoms with van der Waals surface area (Å²) >= 11 is 6.00. The first-order valence-corrected chi connectivity index (χ1v) is 6.58. The minimum absolute atomic E-state index is 0.237. The zero-order valence-corrected chi connectivity index (χ0v) is 12.3. The molecule has 0 unspecified atom stereocenters. The number of aromatic nitrogens is 3. The molecule has 0 aliphatic rings. The number of pyridine rings is 1. The number of carbonyl (C=O) groups is 1. The number of amides is 1. The lowest BCUT2D eigenvalue weighted by Crippen LogP contribution is -2.13. The first-order valence-electron chi connectivity index (χ1n) is 6.20. The van der Waals surface area contributed by atoms with E-state index in [1.165, 1.54) is 6.20 Å². The monoisotopic (exact) mass is 293 g/mol. The summed E-state index contributed by atoms with van der Waals surface area (Å²) in [5.74, 6) is 0.287. The highest BCUT2D eigenvalue weighted by molar-refractivity contribution is 6.34. The van der Waals surface area contributed by atoms with Crippen molar-refractivity contribution in [1.82, 2.24) is 14.8 Å². The molecule has 0 bridgehead atoms. The highest BCUT2D eigenvalue weighted by Crippen LogP contribution is 2.19. The Morgan fingerprint density at radius 3 is 2.75 bits per heavy atom. The molecule has 0 aromatic carbocycles. The van der Waals surface area contributed by atoms with Crippen LogP contribution in [0, 0.1) is 0 Å². The molecule has 0 aliphatic heterocycles. The first kappa shape index (κ1) is 14.3. The van der Waals surface area contributed by atoms with Crippen molar-refractivity contribution < 1.29 is 4.79 Å². The number of rotatable bonds is 4. The summed E-state index contributed by atoms with van der Waals surface area (Å²) in [7, 11) is 1.73. The largest absolute Gasteiger partial charge is 0.373 e. The molecule has 6 nitrogen and oxygen atoms in total. The van der Waals surface area contributed by atoms with Gasteiger partial charge in [-0.1, -0.05) is 11.6 Å². The standard InChI is InChI=1S/C13H16ClN5O/c1-8(2)19-7-9(5-17-19)18-13(20)10-4-12(15-3)16-6-11(10)14/h4-8H,1-3H3,(H,15,16)(H,18,20). The molecule has 0 aliphatic carbocycles. The molecule has 2 N–H and O–H groups in total. The molecular formula is C13H16ClN5O. The molecule has 1 amide bonds. The van der Waals surface area contributed by atoms with Gasteiger partial charge >= 0.3 is 0 Å². The molecule has 0 atom stereocenters. The Hall–Kier alpha value is -2.08. The van der Waals surface area contributed by atoms with Gasteiger partial charge in [-0.3, -0.25) is 9.48 Å². The van der Waals surface area contributed by atoms with Gasteiger partial charge in [0.05, 0.1) is 22.5 Å². The number of nitrogens with zero attached hydrogens (tertiary/aromatic N) is 3. The molecule has 20 heavy (non-hydrogen) atoms. The summed E-state index contributed by atoms with van der Waals surface area (Å²) < 4.78 is 1.77. The molecule has 0 spiro atoms. The molecule has 7 heteroatoms. The van der Waals surface area contributed by atoms with Crippen LogP contribution in [0.4, 0.5) is 11.5 Å². The van der Waals surface area contributed by atoms with E-state index in [1.807, 2.05) is 13.8 Å². The summed E-state index contributed by atoms with van der Waals surface area (Å²) in [4.78, 5) is 16.2. The van der Waals surface area contributed by atoms with Gasteiger partial charge in [0.2, 0.25) is 0 Å². The molecule has 0 fully saturated rings. The van der Waals surface area contributed by atoms with Gasteiger partial charge in [-0.05, 0) is 19.9 Å². The lowest BCUT2D eigenvalue weighted by Gasteiger charge is -2.07. The van der Waals surface area contributed by atoms with Crippen molar-refractivity contribution in [3.05, 3.63) is 35.2 Å². The normalized spacial score (nSPS) is 10.7. The number of halogens is 1. The van der Waals surface area contributed by atoms with Gasteiger partial charge in [-0.2, -0.15) is 5.10 Å². The number of anilines is 2. The molecule has 106 valence electrons. The maximum atomic E-state index is 12.2. The van der Waals surface area contributed by atoms with Gasteiger partial charge in [-0.15, -0.1) is 0 Å². The summed E-state index contributed by atoms with van der Waals surface area (Å²) in [6.07, 6.45) is 4.82. The Bertz CT molecular complexity index is 623. The van der Waals surface area contributed by atoms with Gasteiger partial charge in [0.1, 0.15) is 5.82 Å². The summed E-state index contributed by atoms with van der Waals surface area (Å²) in [6.45, 7) is 4.02. The molecule has 0 radical (unpaired) electrons. The van der Waals surface area contributed by atoms with E-state index in [2.05, 4.69) is 20.7 Å². The molecule has 0 saturated heterocycles. The second-order valence-corrected chi connectivity index (χ2v) is 4.96. The molecular weight excluding hydrogens is 278 g/mol. The molecule has 2 aromatic heterocycles. The van der Waals surface area contributed by atoms with Crippen LogP contribution in [0.3, 0.4) is 0 Å². The van der Waals surface area contributed by atoms with Gasteiger partial charge in [-0.25, -0.2) is 4.98 Å². The topological polar surface area (TPSA) is 71.8 Å². The molecule has 2 heterocycles. The Kier molecular flexibility index (Phi) is 4.24.